The molecule has 19 heavy (non-hydrogen) atoms. The molecular formula is C12H8FN5O. The van der Waals surface area contributed by atoms with E-state index in [2.05, 4.69) is 20.1 Å². The van der Waals surface area contributed by atoms with Crippen LogP contribution >= 0.6 is 0 Å². The molecule has 0 atom stereocenters. The molecule has 0 saturated heterocycles. The molecule has 0 aliphatic carbocycles. The second-order valence-electron chi connectivity index (χ2n) is 3.75. The minimum absolute atomic E-state index is 0.0467. The van der Waals surface area contributed by atoms with Gasteiger partial charge in [-0.05, 0) is 18.2 Å². The third-order valence-corrected chi connectivity index (χ3v) is 2.44. The van der Waals surface area contributed by atoms with Gasteiger partial charge < -0.3 is 10.3 Å². The largest absolute Gasteiger partial charge is 0.399 e. The molecule has 0 radical (unpaired) electrons. The van der Waals surface area contributed by atoms with E-state index in [1.807, 2.05) is 0 Å². The zero-order valence-electron chi connectivity index (χ0n) is 9.62. The van der Waals surface area contributed by atoms with Gasteiger partial charge in [0.1, 0.15) is 11.5 Å². The number of halogens is 1. The molecule has 0 bridgehead atoms. The summed E-state index contributed by atoms with van der Waals surface area (Å²) in [6.45, 7) is 0. The van der Waals surface area contributed by atoms with Crippen LogP contribution in [0.4, 0.5) is 10.1 Å². The van der Waals surface area contributed by atoms with Crippen LogP contribution in [0.25, 0.3) is 23.0 Å². The van der Waals surface area contributed by atoms with Crippen molar-refractivity contribution in [3.05, 3.63) is 42.6 Å². The van der Waals surface area contributed by atoms with Gasteiger partial charge in [-0.3, -0.25) is 4.98 Å². The first-order valence-electron chi connectivity index (χ1n) is 5.39. The average Bonchev–Trinajstić information content (AvgIpc) is 2.92. The van der Waals surface area contributed by atoms with Gasteiger partial charge in [0.05, 0.1) is 11.8 Å². The second-order valence-corrected chi connectivity index (χ2v) is 3.75. The Kier molecular flexibility index (Phi) is 2.64. The van der Waals surface area contributed by atoms with E-state index in [0.717, 1.165) is 0 Å². The predicted molar refractivity (Wildman–Crippen MR) is 65.1 cm³/mol. The highest BCUT2D eigenvalue weighted by atomic mass is 19.1. The quantitative estimate of drug-likeness (QED) is 0.705. The van der Waals surface area contributed by atoms with Crippen molar-refractivity contribution in [2.75, 3.05) is 5.73 Å². The number of hydrogen-bond donors (Lipinski definition) is 1. The highest BCUT2D eigenvalue weighted by Gasteiger charge is 2.15. The fraction of sp³-hybridized carbons (Fsp3) is 0. The van der Waals surface area contributed by atoms with Crippen molar-refractivity contribution in [3.63, 3.8) is 0 Å². The number of anilines is 1. The van der Waals surface area contributed by atoms with Crippen molar-refractivity contribution < 1.29 is 8.91 Å². The first-order chi connectivity index (χ1) is 9.24. The van der Waals surface area contributed by atoms with E-state index >= 15 is 0 Å². The topological polar surface area (TPSA) is 90.7 Å². The highest BCUT2D eigenvalue weighted by molar-refractivity contribution is 5.62. The first kappa shape index (κ1) is 11.3. The lowest BCUT2D eigenvalue weighted by Gasteiger charge is -1.98. The molecule has 3 aromatic rings. The summed E-state index contributed by atoms with van der Waals surface area (Å²) < 4.78 is 18.7. The van der Waals surface area contributed by atoms with E-state index in [1.54, 1.807) is 0 Å². The average molecular weight is 257 g/mol. The fourth-order valence-corrected chi connectivity index (χ4v) is 1.56. The summed E-state index contributed by atoms with van der Waals surface area (Å²) in [4.78, 5) is 12.0. The van der Waals surface area contributed by atoms with Crippen LogP contribution in [0.2, 0.25) is 0 Å². The summed E-state index contributed by atoms with van der Waals surface area (Å²) in [7, 11) is 0. The molecule has 0 saturated carbocycles. The lowest BCUT2D eigenvalue weighted by molar-refractivity contribution is 0.429. The van der Waals surface area contributed by atoms with E-state index in [9.17, 15) is 4.39 Å². The second kappa shape index (κ2) is 4.45. The predicted octanol–water partition coefficient (Wildman–Crippen LogP) is 1.91. The van der Waals surface area contributed by atoms with Crippen LogP contribution in [0.1, 0.15) is 0 Å². The summed E-state index contributed by atoms with van der Waals surface area (Å²) in [6.07, 6.45) is 4.53. The lowest BCUT2D eigenvalue weighted by Crippen LogP contribution is -1.90. The molecule has 0 fully saturated rings. The van der Waals surface area contributed by atoms with E-state index in [4.69, 9.17) is 10.3 Å². The maximum absolute atomic E-state index is 13.7. The van der Waals surface area contributed by atoms with Gasteiger partial charge in [-0.25, -0.2) is 9.37 Å². The molecule has 0 unspecified atom stereocenters. The molecule has 2 N–H and O–H groups in total. The van der Waals surface area contributed by atoms with Crippen LogP contribution in [-0.4, -0.2) is 20.1 Å². The standard InChI is InChI=1S/C12H8FN5O/c13-9-2-1-7(14)5-8(9)12-17-11(18-19-12)10-6-15-3-4-16-10/h1-6H,14H2. The van der Waals surface area contributed by atoms with Crippen molar-refractivity contribution in [2.24, 2.45) is 0 Å². The Morgan fingerprint density at radius 3 is 2.89 bits per heavy atom. The summed E-state index contributed by atoms with van der Waals surface area (Å²) in [5.74, 6) is -0.195. The molecule has 7 heteroatoms. The van der Waals surface area contributed by atoms with Crippen LogP contribution in [0.15, 0.2) is 41.3 Å². The van der Waals surface area contributed by atoms with E-state index in [-0.39, 0.29) is 17.3 Å². The molecule has 6 nitrogen and oxygen atoms in total. The molecule has 3 rings (SSSR count). The Morgan fingerprint density at radius 1 is 1.21 bits per heavy atom. The third kappa shape index (κ3) is 2.13. The molecule has 1 aromatic carbocycles. The van der Waals surface area contributed by atoms with Crippen molar-refractivity contribution >= 4 is 5.69 Å². The van der Waals surface area contributed by atoms with Gasteiger partial charge in [0.15, 0.2) is 0 Å². The molecule has 0 spiro atoms. The van der Waals surface area contributed by atoms with Gasteiger partial charge in [0.2, 0.25) is 5.82 Å². The maximum Gasteiger partial charge on any atom is 0.261 e. The monoisotopic (exact) mass is 257 g/mol. The van der Waals surface area contributed by atoms with Crippen LogP contribution < -0.4 is 5.73 Å². The normalized spacial score (nSPS) is 10.6. The molecular weight excluding hydrogens is 249 g/mol. The van der Waals surface area contributed by atoms with Crippen molar-refractivity contribution in [2.45, 2.75) is 0 Å². The van der Waals surface area contributed by atoms with E-state index in [1.165, 1.54) is 36.8 Å². The maximum atomic E-state index is 13.7. The number of benzene rings is 1. The van der Waals surface area contributed by atoms with Crippen molar-refractivity contribution in [3.8, 4) is 23.0 Å². The fourth-order valence-electron chi connectivity index (χ4n) is 1.56. The van der Waals surface area contributed by atoms with Crippen LogP contribution in [0.3, 0.4) is 0 Å². The number of nitrogens with two attached hydrogens (primary N) is 1. The molecule has 0 aliphatic rings. The van der Waals surface area contributed by atoms with Gasteiger partial charge in [0, 0.05) is 18.1 Å². The highest BCUT2D eigenvalue weighted by Crippen LogP contribution is 2.25. The van der Waals surface area contributed by atoms with Gasteiger partial charge >= 0.3 is 0 Å². The van der Waals surface area contributed by atoms with E-state index < -0.39 is 5.82 Å². The summed E-state index contributed by atoms with van der Waals surface area (Å²) in [6, 6.07) is 4.14. The molecule has 2 heterocycles. The number of hydrogen-bond acceptors (Lipinski definition) is 6. The van der Waals surface area contributed by atoms with Crippen LogP contribution in [0.5, 0.6) is 0 Å². The Bertz CT molecular complexity index is 713. The summed E-state index contributed by atoms with van der Waals surface area (Å²) in [5.41, 5.74) is 6.62. The lowest BCUT2D eigenvalue weighted by atomic mass is 10.2. The SMILES string of the molecule is Nc1ccc(F)c(-c2nc(-c3cnccn3)no2)c1. The number of nitrogen functional groups attached to an aromatic ring is 1. The molecule has 2 aromatic heterocycles. The zero-order valence-corrected chi connectivity index (χ0v) is 9.62. The first-order valence-corrected chi connectivity index (χ1v) is 5.39. The van der Waals surface area contributed by atoms with Gasteiger partial charge in [-0.2, -0.15) is 4.98 Å². The number of rotatable bonds is 2. The van der Waals surface area contributed by atoms with Crippen molar-refractivity contribution in [1.82, 2.24) is 20.1 Å². The number of nitrogens with zero attached hydrogens (tertiary/aromatic N) is 4. The smallest absolute Gasteiger partial charge is 0.261 e. The Morgan fingerprint density at radius 2 is 2.11 bits per heavy atom. The molecule has 0 aliphatic heterocycles. The van der Waals surface area contributed by atoms with Gasteiger partial charge in [-0.1, -0.05) is 5.16 Å². The minimum Gasteiger partial charge on any atom is -0.399 e. The van der Waals surface area contributed by atoms with Crippen LogP contribution in [-0.2, 0) is 0 Å². The van der Waals surface area contributed by atoms with E-state index in [0.29, 0.717) is 11.4 Å². The Labute approximate surface area is 107 Å². The van der Waals surface area contributed by atoms with Crippen molar-refractivity contribution in [1.29, 1.82) is 0 Å². The summed E-state index contributed by atoms with van der Waals surface area (Å²) in [5, 5.41) is 3.74. The Balaban J connectivity index is 2.04. The van der Waals surface area contributed by atoms with Gasteiger partial charge in [0.25, 0.3) is 5.89 Å². The molecule has 94 valence electrons. The minimum atomic E-state index is -0.483. The summed E-state index contributed by atoms with van der Waals surface area (Å²) >= 11 is 0. The zero-order chi connectivity index (χ0) is 13.2. The Hall–Kier alpha value is -2.83. The third-order valence-electron chi connectivity index (χ3n) is 2.44. The number of aromatic nitrogens is 4. The van der Waals surface area contributed by atoms with Gasteiger partial charge in [-0.15, -0.1) is 0 Å². The van der Waals surface area contributed by atoms with Crippen LogP contribution in [0, 0.1) is 5.82 Å². The molecule has 0 amide bonds.